The second-order valence-corrected chi connectivity index (χ2v) is 5.59. The quantitative estimate of drug-likeness (QED) is 0.463. The number of aromatic nitrogens is 2. The van der Waals surface area contributed by atoms with Gasteiger partial charge in [-0.3, -0.25) is 20.2 Å². The number of non-ortho nitro benzene ring substituents is 1. The molecule has 0 unspecified atom stereocenters. The van der Waals surface area contributed by atoms with Crippen LogP contribution in [0.15, 0.2) is 35.0 Å². The van der Waals surface area contributed by atoms with Gasteiger partial charge in [0.15, 0.2) is 5.52 Å². The van der Waals surface area contributed by atoms with Gasteiger partial charge in [0.1, 0.15) is 5.69 Å². The van der Waals surface area contributed by atoms with Crippen molar-refractivity contribution in [2.24, 2.45) is 0 Å². The molecule has 1 heterocycles. The first-order chi connectivity index (χ1) is 12.9. The Balaban J connectivity index is 2.14. The van der Waals surface area contributed by atoms with E-state index in [9.17, 15) is 20.2 Å². The van der Waals surface area contributed by atoms with Crippen LogP contribution in [0, 0.1) is 20.2 Å². The molecule has 3 rings (SSSR count). The molecule has 0 saturated carbocycles. The zero-order valence-corrected chi connectivity index (χ0v) is 14.0. The van der Waals surface area contributed by atoms with Crippen molar-refractivity contribution in [1.82, 2.24) is 10.3 Å². The number of aliphatic hydroxyl groups excluding tert-OH is 1. The van der Waals surface area contributed by atoms with Crippen molar-refractivity contribution in [2.45, 2.75) is 0 Å². The van der Waals surface area contributed by atoms with Crippen LogP contribution in [-0.2, 0) is 0 Å². The lowest BCUT2D eigenvalue weighted by Crippen LogP contribution is -2.22. The zero-order valence-electron chi connectivity index (χ0n) is 14.0. The van der Waals surface area contributed by atoms with Crippen molar-refractivity contribution in [2.75, 3.05) is 30.4 Å². The fourth-order valence-corrected chi connectivity index (χ4v) is 2.60. The number of benzene rings is 2. The van der Waals surface area contributed by atoms with Crippen molar-refractivity contribution in [3.8, 4) is 0 Å². The summed E-state index contributed by atoms with van der Waals surface area (Å²) in [5.41, 5.74) is 0.492. The summed E-state index contributed by atoms with van der Waals surface area (Å²) in [4.78, 5) is 22.8. The molecule has 0 amide bonds. The standard InChI is InChI=1S/C15H14N6O6/c1-19(5-6-22)12-8-11(13-14(18-27-17-13)15(12)21(25)26)16-9-3-2-4-10(7-9)20(23)24/h2-4,7-8,16,22H,5-6H2,1H3. The van der Waals surface area contributed by atoms with Gasteiger partial charge in [0.2, 0.25) is 5.52 Å². The molecule has 0 atom stereocenters. The van der Waals surface area contributed by atoms with Gasteiger partial charge < -0.3 is 15.3 Å². The Morgan fingerprint density at radius 3 is 2.59 bits per heavy atom. The van der Waals surface area contributed by atoms with Gasteiger partial charge in [-0.25, -0.2) is 4.63 Å². The number of likely N-dealkylation sites (N-methyl/N-ethyl adjacent to an activating group) is 1. The molecule has 0 radical (unpaired) electrons. The first-order valence-corrected chi connectivity index (χ1v) is 7.69. The molecule has 12 nitrogen and oxygen atoms in total. The molecule has 12 heteroatoms. The molecule has 0 spiro atoms. The summed E-state index contributed by atoms with van der Waals surface area (Å²) in [7, 11) is 1.58. The molecular formula is C15H14N6O6. The van der Waals surface area contributed by atoms with E-state index in [-0.39, 0.29) is 41.2 Å². The number of nitro benzene ring substituents is 2. The summed E-state index contributed by atoms with van der Waals surface area (Å²) in [6, 6.07) is 7.22. The molecule has 0 bridgehead atoms. The van der Waals surface area contributed by atoms with Gasteiger partial charge in [0, 0.05) is 31.4 Å². The van der Waals surface area contributed by atoms with Gasteiger partial charge >= 0.3 is 5.69 Å². The molecule has 0 aliphatic rings. The van der Waals surface area contributed by atoms with Crippen molar-refractivity contribution >= 4 is 39.5 Å². The van der Waals surface area contributed by atoms with E-state index in [0.717, 1.165) is 0 Å². The van der Waals surface area contributed by atoms with Gasteiger partial charge in [-0.2, -0.15) is 0 Å². The van der Waals surface area contributed by atoms with Gasteiger partial charge in [-0.1, -0.05) is 6.07 Å². The Bertz CT molecular complexity index is 1020. The van der Waals surface area contributed by atoms with Crippen molar-refractivity contribution in [3.63, 3.8) is 0 Å². The predicted octanol–water partition coefficient (Wildman–Crippen LogP) is 2.21. The molecule has 0 aliphatic heterocycles. The van der Waals surface area contributed by atoms with E-state index < -0.39 is 9.85 Å². The summed E-state index contributed by atoms with van der Waals surface area (Å²) in [5.74, 6) is 0. The molecule has 2 N–H and O–H groups in total. The van der Waals surface area contributed by atoms with Crippen LogP contribution in [0.1, 0.15) is 0 Å². The number of hydrogen-bond acceptors (Lipinski definition) is 10. The number of nitrogens with one attached hydrogen (secondary N) is 1. The monoisotopic (exact) mass is 374 g/mol. The van der Waals surface area contributed by atoms with Crippen LogP contribution in [0.4, 0.5) is 28.4 Å². The van der Waals surface area contributed by atoms with E-state index in [1.54, 1.807) is 13.1 Å². The molecule has 0 fully saturated rings. The molecule has 2 aromatic carbocycles. The number of fused-ring (bicyclic) bond motifs is 1. The highest BCUT2D eigenvalue weighted by Gasteiger charge is 2.27. The maximum atomic E-state index is 11.5. The number of anilines is 3. The number of nitrogens with zero attached hydrogens (tertiary/aromatic N) is 5. The number of nitro groups is 2. The smallest absolute Gasteiger partial charge is 0.323 e. The first kappa shape index (κ1) is 18.0. The van der Waals surface area contributed by atoms with Crippen molar-refractivity contribution in [1.29, 1.82) is 0 Å². The van der Waals surface area contributed by atoms with E-state index in [2.05, 4.69) is 20.3 Å². The SMILES string of the molecule is CN(CCO)c1cc(Nc2cccc([N+](=O)[O-])c2)c2nonc2c1[N+](=O)[O-]. The molecule has 1 aromatic heterocycles. The third kappa shape index (κ3) is 3.46. The highest BCUT2D eigenvalue weighted by atomic mass is 16.6. The van der Waals surface area contributed by atoms with E-state index in [1.165, 1.54) is 29.2 Å². The Labute approximate surface area is 151 Å². The van der Waals surface area contributed by atoms with Crippen molar-refractivity contribution in [3.05, 3.63) is 50.6 Å². The van der Waals surface area contributed by atoms with Gasteiger partial charge in [0.05, 0.1) is 22.1 Å². The molecule has 140 valence electrons. The second-order valence-electron chi connectivity index (χ2n) is 5.59. The molecule has 27 heavy (non-hydrogen) atoms. The van der Waals surface area contributed by atoms with Crippen LogP contribution in [0.3, 0.4) is 0 Å². The summed E-state index contributed by atoms with van der Waals surface area (Å²) >= 11 is 0. The Morgan fingerprint density at radius 1 is 1.19 bits per heavy atom. The van der Waals surface area contributed by atoms with Gasteiger partial charge in [0.25, 0.3) is 5.69 Å². The van der Waals surface area contributed by atoms with Crippen molar-refractivity contribution < 1.29 is 19.6 Å². The minimum atomic E-state index is -0.604. The third-order valence-corrected chi connectivity index (χ3v) is 3.86. The highest BCUT2D eigenvalue weighted by molar-refractivity contribution is 6.00. The maximum Gasteiger partial charge on any atom is 0.323 e. The number of aliphatic hydroxyl groups is 1. The molecular weight excluding hydrogens is 360 g/mol. The summed E-state index contributed by atoms with van der Waals surface area (Å²) < 4.78 is 4.67. The molecule has 3 aromatic rings. The van der Waals surface area contributed by atoms with E-state index >= 15 is 0 Å². The average molecular weight is 374 g/mol. The normalized spacial score (nSPS) is 10.7. The summed E-state index contributed by atoms with van der Waals surface area (Å²) in [6.07, 6.45) is 0. The topological polar surface area (TPSA) is 161 Å². The largest absolute Gasteiger partial charge is 0.395 e. The molecule has 0 saturated heterocycles. The van der Waals surface area contributed by atoms with Crippen LogP contribution < -0.4 is 10.2 Å². The predicted molar refractivity (Wildman–Crippen MR) is 95.2 cm³/mol. The Kier molecular flexibility index (Phi) is 4.81. The van der Waals surface area contributed by atoms with Crippen LogP contribution in [-0.4, -0.2) is 45.5 Å². The number of hydrogen-bond donors (Lipinski definition) is 2. The summed E-state index contributed by atoms with van der Waals surface area (Å²) in [6.45, 7) is -0.0652. The van der Waals surface area contributed by atoms with E-state index in [4.69, 9.17) is 5.11 Å². The van der Waals surface area contributed by atoms with Crippen LogP contribution in [0.2, 0.25) is 0 Å². The van der Waals surface area contributed by atoms with Crippen LogP contribution in [0.25, 0.3) is 11.0 Å². The maximum absolute atomic E-state index is 11.5. The first-order valence-electron chi connectivity index (χ1n) is 7.69. The lowest BCUT2D eigenvalue weighted by molar-refractivity contribution is -0.384. The fraction of sp³-hybridized carbons (Fsp3) is 0.200. The van der Waals surface area contributed by atoms with Crippen LogP contribution >= 0.6 is 0 Å². The van der Waals surface area contributed by atoms with Gasteiger partial charge in [-0.05, 0) is 22.4 Å². The van der Waals surface area contributed by atoms with Gasteiger partial charge in [-0.15, -0.1) is 0 Å². The minimum absolute atomic E-state index is 0.0739. The minimum Gasteiger partial charge on any atom is -0.395 e. The van der Waals surface area contributed by atoms with E-state index in [1.807, 2.05) is 0 Å². The lowest BCUT2D eigenvalue weighted by atomic mass is 10.1. The Morgan fingerprint density at radius 2 is 1.93 bits per heavy atom. The zero-order chi connectivity index (χ0) is 19.6. The third-order valence-electron chi connectivity index (χ3n) is 3.86. The van der Waals surface area contributed by atoms with E-state index in [0.29, 0.717) is 11.4 Å². The average Bonchev–Trinajstić information content (AvgIpc) is 3.11. The summed E-state index contributed by atoms with van der Waals surface area (Å²) in [5, 5.41) is 41.9. The highest BCUT2D eigenvalue weighted by Crippen LogP contribution is 2.39. The fourth-order valence-electron chi connectivity index (χ4n) is 2.60. The lowest BCUT2D eigenvalue weighted by Gasteiger charge is -2.19. The second kappa shape index (κ2) is 7.21. The Hall–Kier alpha value is -3.80. The molecule has 0 aliphatic carbocycles. The number of rotatable bonds is 7. The van der Waals surface area contributed by atoms with Crippen LogP contribution in [0.5, 0.6) is 0 Å².